The van der Waals surface area contributed by atoms with Crippen LogP contribution in [0.1, 0.15) is 17.0 Å². The zero-order valence-electron chi connectivity index (χ0n) is 12.6. The number of hydrogen-bond acceptors (Lipinski definition) is 7. The number of rotatable bonds is 5. The van der Waals surface area contributed by atoms with E-state index in [4.69, 9.17) is 0 Å². The van der Waals surface area contributed by atoms with Gasteiger partial charge in [-0.05, 0) is 31.0 Å². The molecule has 3 aromatic rings. The Kier molecular flexibility index (Phi) is 4.39. The van der Waals surface area contributed by atoms with Gasteiger partial charge in [0.05, 0.1) is 5.75 Å². The quantitative estimate of drug-likeness (QED) is 0.723. The molecule has 0 saturated carbocycles. The van der Waals surface area contributed by atoms with Gasteiger partial charge in [-0.15, -0.1) is 10.2 Å². The monoisotopic (exact) mass is 332 g/mol. The first kappa shape index (κ1) is 15.0. The lowest BCUT2D eigenvalue weighted by Gasteiger charge is -2.08. The molecule has 0 radical (unpaired) electrons. The highest BCUT2D eigenvalue weighted by Crippen LogP contribution is 2.30. The van der Waals surface area contributed by atoms with Crippen LogP contribution in [0.3, 0.4) is 0 Å². The molecule has 1 aromatic carbocycles. The van der Waals surface area contributed by atoms with Gasteiger partial charge in [-0.3, -0.25) is 4.68 Å². The molecule has 0 amide bonds. The molecule has 0 aliphatic heterocycles. The summed E-state index contributed by atoms with van der Waals surface area (Å²) < 4.78 is 2.68. The van der Waals surface area contributed by atoms with Crippen LogP contribution in [-0.4, -0.2) is 25.0 Å². The van der Waals surface area contributed by atoms with E-state index < -0.39 is 0 Å². The summed E-state index contributed by atoms with van der Waals surface area (Å²) in [5.74, 6) is 1.65. The molecule has 0 fully saturated rings. The molecule has 0 aliphatic rings. The molecule has 1 N–H and O–H groups in total. The van der Waals surface area contributed by atoms with Crippen LogP contribution in [0.2, 0.25) is 0 Å². The number of anilines is 2. The first-order valence-electron chi connectivity index (χ1n) is 6.76. The molecule has 8 heteroatoms. The average Bonchev–Trinajstić information content (AvgIpc) is 3.11. The van der Waals surface area contributed by atoms with E-state index in [1.54, 1.807) is 34.1 Å². The van der Waals surface area contributed by atoms with Crippen molar-refractivity contribution in [1.29, 1.82) is 0 Å². The van der Waals surface area contributed by atoms with Crippen LogP contribution in [0.5, 0.6) is 0 Å². The second-order valence-corrected chi connectivity index (χ2v) is 7.03. The van der Waals surface area contributed by atoms with Crippen molar-refractivity contribution in [3.63, 3.8) is 0 Å². The first-order chi connectivity index (χ1) is 10.6. The average molecular weight is 332 g/mol. The minimum absolute atomic E-state index is 0.731. The Morgan fingerprint density at radius 2 is 2.14 bits per heavy atom. The van der Waals surface area contributed by atoms with Crippen molar-refractivity contribution in [2.24, 2.45) is 7.05 Å². The highest BCUT2D eigenvalue weighted by Gasteiger charge is 2.09. The summed E-state index contributed by atoms with van der Waals surface area (Å²) >= 11 is 3.15. The maximum absolute atomic E-state index is 4.21. The van der Waals surface area contributed by atoms with Gasteiger partial charge < -0.3 is 5.32 Å². The van der Waals surface area contributed by atoms with Gasteiger partial charge in [-0.25, -0.2) is 4.98 Å². The van der Waals surface area contributed by atoms with Gasteiger partial charge in [0.25, 0.3) is 0 Å². The fraction of sp³-hybridized carbons (Fsp3) is 0.286. The Labute approximate surface area is 137 Å². The van der Waals surface area contributed by atoms with Crippen LogP contribution >= 0.6 is 23.1 Å². The number of aromatic nitrogens is 5. The predicted molar refractivity (Wildman–Crippen MR) is 89.7 cm³/mol. The summed E-state index contributed by atoms with van der Waals surface area (Å²) in [5.41, 5.74) is 3.55. The molecule has 22 heavy (non-hydrogen) atoms. The summed E-state index contributed by atoms with van der Waals surface area (Å²) in [7, 11) is 1.89. The molecule has 0 bridgehead atoms. The lowest BCUT2D eigenvalue weighted by atomic mass is 10.1. The molecule has 0 spiro atoms. The van der Waals surface area contributed by atoms with E-state index in [0.717, 1.165) is 26.7 Å². The van der Waals surface area contributed by atoms with Crippen molar-refractivity contribution in [3.8, 4) is 0 Å². The summed E-state index contributed by atoms with van der Waals surface area (Å²) in [6.07, 6.45) is 1.56. The van der Waals surface area contributed by atoms with Gasteiger partial charge in [0.1, 0.15) is 12.2 Å². The molecular weight excluding hydrogens is 316 g/mol. The summed E-state index contributed by atoms with van der Waals surface area (Å²) in [5, 5.41) is 16.6. The Morgan fingerprint density at radius 1 is 1.27 bits per heavy atom. The fourth-order valence-corrected chi connectivity index (χ4v) is 3.65. The van der Waals surface area contributed by atoms with E-state index in [1.165, 1.54) is 11.1 Å². The summed E-state index contributed by atoms with van der Waals surface area (Å²) in [6.45, 7) is 4.20. The highest BCUT2D eigenvalue weighted by molar-refractivity contribution is 8.00. The van der Waals surface area contributed by atoms with Crippen LogP contribution in [0, 0.1) is 13.8 Å². The van der Waals surface area contributed by atoms with Gasteiger partial charge in [0.15, 0.2) is 4.34 Å². The maximum atomic E-state index is 4.21. The lowest BCUT2D eigenvalue weighted by molar-refractivity contribution is 0.730. The van der Waals surface area contributed by atoms with E-state index in [0.29, 0.717) is 0 Å². The molecular formula is C14H16N6S2. The Balaban J connectivity index is 1.66. The molecule has 2 heterocycles. The minimum Gasteiger partial charge on any atom is -0.330 e. The van der Waals surface area contributed by atoms with Crippen molar-refractivity contribution in [3.05, 3.63) is 41.5 Å². The van der Waals surface area contributed by atoms with E-state index in [-0.39, 0.29) is 0 Å². The number of thioether (sulfide) groups is 1. The second-order valence-electron chi connectivity index (χ2n) is 4.83. The van der Waals surface area contributed by atoms with Gasteiger partial charge in [-0.2, -0.15) is 5.10 Å². The fourth-order valence-electron chi connectivity index (χ4n) is 1.90. The first-order valence-corrected chi connectivity index (χ1v) is 8.56. The van der Waals surface area contributed by atoms with E-state index >= 15 is 0 Å². The van der Waals surface area contributed by atoms with Crippen LogP contribution in [0.4, 0.5) is 10.8 Å². The SMILES string of the molecule is Cc1cccc(Nc2nnc(SCc3ncnn3C)s2)c1C. The number of nitrogens with one attached hydrogen (secondary N) is 1. The van der Waals surface area contributed by atoms with Crippen LogP contribution < -0.4 is 5.32 Å². The molecule has 0 saturated heterocycles. The van der Waals surface area contributed by atoms with Gasteiger partial charge in [0.2, 0.25) is 5.13 Å². The van der Waals surface area contributed by atoms with E-state index in [9.17, 15) is 0 Å². The van der Waals surface area contributed by atoms with E-state index in [2.05, 4.69) is 51.6 Å². The second kappa shape index (κ2) is 6.45. The standard InChI is InChI=1S/C14H16N6S2/c1-9-5-4-6-11(10(9)2)17-13-18-19-14(22-13)21-7-12-15-8-16-20(12)3/h4-6,8H,7H2,1-3H3,(H,17,18). The molecule has 6 nitrogen and oxygen atoms in total. The normalized spacial score (nSPS) is 10.9. The predicted octanol–water partition coefficient (Wildman–Crippen LogP) is 3.32. The Bertz CT molecular complexity index is 779. The number of hydrogen-bond donors (Lipinski definition) is 1. The van der Waals surface area contributed by atoms with Gasteiger partial charge in [-0.1, -0.05) is 35.2 Å². The van der Waals surface area contributed by atoms with Crippen molar-refractivity contribution < 1.29 is 0 Å². The zero-order chi connectivity index (χ0) is 15.5. The largest absolute Gasteiger partial charge is 0.330 e. The summed E-state index contributed by atoms with van der Waals surface area (Å²) in [4.78, 5) is 4.20. The topological polar surface area (TPSA) is 68.5 Å². The van der Waals surface area contributed by atoms with Gasteiger partial charge in [0, 0.05) is 12.7 Å². The van der Waals surface area contributed by atoms with Crippen molar-refractivity contribution >= 4 is 33.9 Å². The smallest absolute Gasteiger partial charge is 0.210 e. The molecule has 3 rings (SSSR count). The molecule has 2 aromatic heterocycles. The van der Waals surface area contributed by atoms with Gasteiger partial charge >= 0.3 is 0 Å². The minimum atomic E-state index is 0.731. The zero-order valence-corrected chi connectivity index (χ0v) is 14.2. The third kappa shape index (κ3) is 3.28. The summed E-state index contributed by atoms with van der Waals surface area (Å²) in [6, 6.07) is 6.19. The molecule has 114 valence electrons. The van der Waals surface area contributed by atoms with Crippen LogP contribution in [0.25, 0.3) is 0 Å². The lowest BCUT2D eigenvalue weighted by Crippen LogP contribution is -1.97. The molecule has 0 atom stereocenters. The van der Waals surface area contributed by atoms with Crippen molar-refractivity contribution in [2.45, 2.75) is 23.9 Å². The van der Waals surface area contributed by atoms with Crippen molar-refractivity contribution in [2.75, 3.05) is 5.32 Å². The highest BCUT2D eigenvalue weighted by atomic mass is 32.2. The third-order valence-electron chi connectivity index (χ3n) is 3.38. The maximum Gasteiger partial charge on any atom is 0.210 e. The van der Waals surface area contributed by atoms with E-state index in [1.807, 2.05) is 13.1 Å². The number of nitrogens with zero attached hydrogens (tertiary/aromatic N) is 5. The Morgan fingerprint density at radius 3 is 2.91 bits per heavy atom. The Hall–Kier alpha value is -1.93. The van der Waals surface area contributed by atoms with Crippen LogP contribution in [0.15, 0.2) is 28.9 Å². The molecule has 0 aliphatic carbocycles. The third-order valence-corrected chi connectivity index (χ3v) is 5.35. The molecule has 0 unspecified atom stereocenters. The number of benzene rings is 1. The van der Waals surface area contributed by atoms with Crippen LogP contribution in [-0.2, 0) is 12.8 Å². The number of aryl methyl sites for hydroxylation is 2. The van der Waals surface area contributed by atoms with Crippen molar-refractivity contribution in [1.82, 2.24) is 25.0 Å².